The molecule has 0 radical (unpaired) electrons. The Morgan fingerprint density at radius 2 is 1.56 bits per heavy atom. The van der Waals surface area contributed by atoms with E-state index in [1.54, 1.807) is 6.07 Å². The first-order valence-electron chi connectivity index (χ1n) is 10.6. The Kier molecular flexibility index (Phi) is 7.55. The summed E-state index contributed by atoms with van der Waals surface area (Å²) in [6, 6.07) is 7.65. The van der Waals surface area contributed by atoms with Crippen molar-refractivity contribution < 1.29 is 14.3 Å². The van der Waals surface area contributed by atoms with Gasteiger partial charge in [-0.3, -0.25) is 4.79 Å². The van der Waals surface area contributed by atoms with Gasteiger partial charge in [0.15, 0.2) is 5.75 Å². The molecule has 0 bridgehead atoms. The van der Waals surface area contributed by atoms with Crippen molar-refractivity contribution in [2.75, 3.05) is 18.0 Å². The normalized spacial score (nSPS) is 20.0. The van der Waals surface area contributed by atoms with Gasteiger partial charge in [-0.1, -0.05) is 69.9 Å². The van der Waals surface area contributed by atoms with E-state index in [1.807, 2.05) is 23.1 Å². The highest BCUT2D eigenvalue weighted by Crippen LogP contribution is 2.31. The molecule has 2 aliphatic rings. The lowest BCUT2D eigenvalue weighted by atomic mass is 9.98. The number of nitrogens with one attached hydrogen (secondary N) is 1. The second-order valence-corrected chi connectivity index (χ2v) is 7.82. The Bertz CT molecular complexity index is 620. The van der Waals surface area contributed by atoms with E-state index in [1.165, 1.54) is 57.8 Å². The predicted octanol–water partition coefficient (Wildman–Crippen LogP) is 4.20. The summed E-state index contributed by atoms with van der Waals surface area (Å²) >= 11 is 0. The van der Waals surface area contributed by atoms with Crippen LogP contribution >= 0.6 is 0 Å². The summed E-state index contributed by atoms with van der Waals surface area (Å²) in [5, 5.41) is 3.23. The number of fused-ring (bicyclic) bond motifs is 1. The summed E-state index contributed by atoms with van der Waals surface area (Å²) in [6.45, 7) is 0.317. The highest BCUT2D eigenvalue weighted by molar-refractivity contribution is 5.89. The largest absolute Gasteiger partial charge is 0.423 e. The van der Waals surface area contributed by atoms with E-state index in [2.05, 4.69) is 5.32 Å². The van der Waals surface area contributed by atoms with E-state index in [0.717, 1.165) is 18.5 Å². The number of benzene rings is 1. The molecule has 3 rings (SSSR count). The van der Waals surface area contributed by atoms with Gasteiger partial charge in [0.2, 0.25) is 5.91 Å². The lowest BCUT2D eigenvalue weighted by Gasteiger charge is -2.30. The zero-order chi connectivity index (χ0) is 18.9. The molecule has 1 aromatic carbocycles. The lowest BCUT2D eigenvalue weighted by molar-refractivity contribution is -0.133. The summed E-state index contributed by atoms with van der Waals surface area (Å²) in [6.07, 6.45) is 13.7. The van der Waals surface area contributed by atoms with Crippen molar-refractivity contribution in [3.8, 4) is 5.75 Å². The van der Waals surface area contributed by atoms with Crippen LogP contribution in [0.15, 0.2) is 24.3 Å². The maximum Gasteiger partial charge on any atom is 0.331 e. The molecule has 5 heteroatoms. The van der Waals surface area contributed by atoms with Gasteiger partial charge >= 0.3 is 5.97 Å². The number of rotatable bonds is 3. The molecule has 1 saturated carbocycles. The first-order valence-corrected chi connectivity index (χ1v) is 10.6. The SMILES string of the molecule is O=C(CN1CC(=O)Oc2ccccc21)NC1CCCCCCCCCCC1. The molecule has 1 aliphatic heterocycles. The predicted molar refractivity (Wildman–Crippen MR) is 107 cm³/mol. The fourth-order valence-electron chi connectivity index (χ4n) is 4.10. The van der Waals surface area contributed by atoms with Gasteiger partial charge in [0.25, 0.3) is 0 Å². The first-order chi connectivity index (χ1) is 13.2. The lowest BCUT2D eigenvalue weighted by Crippen LogP contribution is -2.46. The van der Waals surface area contributed by atoms with Crippen LogP contribution < -0.4 is 15.0 Å². The highest BCUT2D eigenvalue weighted by Gasteiger charge is 2.25. The second kappa shape index (κ2) is 10.3. The Balaban J connectivity index is 1.54. The number of nitrogens with zero attached hydrogens (tertiary/aromatic N) is 1. The Morgan fingerprint density at radius 1 is 0.963 bits per heavy atom. The molecule has 0 saturated heterocycles. The van der Waals surface area contributed by atoms with Gasteiger partial charge in [-0.25, -0.2) is 4.79 Å². The van der Waals surface area contributed by atoms with Gasteiger partial charge in [-0.2, -0.15) is 0 Å². The first kappa shape index (κ1) is 19.7. The highest BCUT2D eigenvalue weighted by atomic mass is 16.5. The third-order valence-electron chi connectivity index (χ3n) is 5.55. The summed E-state index contributed by atoms with van der Waals surface area (Å²) in [5.41, 5.74) is 0.811. The average molecular weight is 373 g/mol. The van der Waals surface area contributed by atoms with E-state index in [-0.39, 0.29) is 31.0 Å². The zero-order valence-corrected chi connectivity index (χ0v) is 16.3. The molecule has 27 heavy (non-hydrogen) atoms. The smallest absolute Gasteiger partial charge is 0.331 e. The van der Waals surface area contributed by atoms with Crippen LogP contribution in [0.25, 0.3) is 0 Å². The molecule has 1 N–H and O–H groups in total. The molecule has 0 spiro atoms. The van der Waals surface area contributed by atoms with Crippen molar-refractivity contribution in [1.82, 2.24) is 5.32 Å². The van der Waals surface area contributed by atoms with Crippen molar-refractivity contribution >= 4 is 17.6 Å². The minimum absolute atomic E-state index is 0.00315. The molecule has 148 valence electrons. The Morgan fingerprint density at radius 3 is 2.22 bits per heavy atom. The topological polar surface area (TPSA) is 58.6 Å². The van der Waals surface area contributed by atoms with Crippen LogP contribution in [0.4, 0.5) is 5.69 Å². The summed E-state index contributed by atoms with van der Waals surface area (Å²) < 4.78 is 5.26. The maximum absolute atomic E-state index is 12.7. The molecular formula is C22H32N2O3. The summed E-state index contributed by atoms with van der Waals surface area (Å²) in [4.78, 5) is 26.3. The van der Waals surface area contributed by atoms with Crippen molar-refractivity contribution in [2.24, 2.45) is 0 Å². The van der Waals surface area contributed by atoms with Crippen molar-refractivity contribution in [2.45, 2.75) is 76.7 Å². The molecule has 0 unspecified atom stereocenters. The van der Waals surface area contributed by atoms with Crippen LogP contribution in [0.3, 0.4) is 0 Å². The molecule has 1 amide bonds. The Hall–Kier alpha value is -2.04. The number of carbonyl (C=O) groups excluding carboxylic acids is 2. The summed E-state index contributed by atoms with van der Waals surface area (Å²) in [5.74, 6) is 0.219. The van der Waals surface area contributed by atoms with E-state index in [4.69, 9.17) is 4.74 Å². The van der Waals surface area contributed by atoms with Crippen molar-refractivity contribution in [3.63, 3.8) is 0 Å². The van der Waals surface area contributed by atoms with Crippen LogP contribution in [-0.4, -0.2) is 31.0 Å². The standard InChI is InChI=1S/C22H32N2O3/c25-21(16-24-17-22(26)27-20-15-11-10-14-19(20)24)23-18-12-8-6-4-2-1-3-5-7-9-13-18/h10-11,14-15,18H,1-9,12-13,16-17H2,(H,23,25). The molecule has 1 aromatic rings. The molecule has 1 heterocycles. The number of ether oxygens (including phenoxy) is 1. The van der Waals surface area contributed by atoms with Gasteiger partial charge in [-0.05, 0) is 25.0 Å². The molecule has 0 atom stereocenters. The number of hydrogen-bond donors (Lipinski definition) is 1. The zero-order valence-electron chi connectivity index (χ0n) is 16.3. The maximum atomic E-state index is 12.7. The average Bonchev–Trinajstić information content (AvgIpc) is 2.64. The van der Waals surface area contributed by atoms with Gasteiger partial charge in [-0.15, -0.1) is 0 Å². The monoisotopic (exact) mass is 372 g/mol. The van der Waals surface area contributed by atoms with E-state index < -0.39 is 0 Å². The molecule has 5 nitrogen and oxygen atoms in total. The number of para-hydroxylation sites is 2. The number of carbonyl (C=O) groups is 2. The van der Waals surface area contributed by atoms with E-state index in [0.29, 0.717) is 5.75 Å². The third-order valence-corrected chi connectivity index (χ3v) is 5.55. The number of esters is 1. The van der Waals surface area contributed by atoms with Crippen LogP contribution in [0.5, 0.6) is 5.75 Å². The van der Waals surface area contributed by atoms with Gasteiger partial charge in [0.1, 0.15) is 6.54 Å². The van der Waals surface area contributed by atoms with Gasteiger partial charge in [0.05, 0.1) is 12.2 Å². The fourth-order valence-corrected chi connectivity index (χ4v) is 4.10. The fraction of sp³-hybridized carbons (Fsp3) is 0.636. The number of hydrogen-bond acceptors (Lipinski definition) is 4. The quantitative estimate of drug-likeness (QED) is 0.638. The van der Waals surface area contributed by atoms with Crippen LogP contribution in [0.1, 0.15) is 70.6 Å². The van der Waals surface area contributed by atoms with Gasteiger partial charge < -0.3 is 15.0 Å². The van der Waals surface area contributed by atoms with Crippen molar-refractivity contribution in [1.29, 1.82) is 0 Å². The van der Waals surface area contributed by atoms with Crippen LogP contribution in [-0.2, 0) is 9.59 Å². The van der Waals surface area contributed by atoms with E-state index in [9.17, 15) is 9.59 Å². The molecule has 0 aromatic heterocycles. The third kappa shape index (κ3) is 6.26. The van der Waals surface area contributed by atoms with E-state index >= 15 is 0 Å². The molecular weight excluding hydrogens is 340 g/mol. The molecule has 1 aliphatic carbocycles. The second-order valence-electron chi connectivity index (χ2n) is 7.82. The minimum Gasteiger partial charge on any atom is -0.423 e. The number of anilines is 1. The minimum atomic E-state index is -0.312. The molecule has 1 fully saturated rings. The summed E-state index contributed by atoms with van der Waals surface area (Å²) in [7, 11) is 0. The van der Waals surface area contributed by atoms with Crippen LogP contribution in [0, 0.1) is 0 Å². The van der Waals surface area contributed by atoms with Crippen LogP contribution in [0.2, 0.25) is 0 Å². The number of amides is 1. The van der Waals surface area contributed by atoms with Gasteiger partial charge in [0, 0.05) is 6.04 Å². The Labute approximate surface area is 162 Å². The van der Waals surface area contributed by atoms with Crippen molar-refractivity contribution in [3.05, 3.63) is 24.3 Å².